The van der Waals surface area contributed by atoms with Gasteiger partial charge in [-0.25, -0.2) is 0 Å². The van der Waals surface area contributed by atoms with Crippen LogP contribution in [0.2, 0.25) is 0 Å². The Morgan fingerprint density at radius 1 is 1.07 bits per heavy atom. The van der Waals surface area contributed by atoms with Gasteiger partial charge in [-0.05, 0) is 35.7 Å². The molecule has 1 amide bonds. The van der Waals surface area contributed by atoms with Gasteiger partial charge in [0.1, 0.15) is 17.5 Å². The molecule has 5 nitrogen and oxygen atoms in total. The van der Waals surface area contributed by atoms with Crippen LogP contribution in [0.25, 0.3) is 10.8 Å². The number of hydrogen-bond donors (Lipinski definition) is 1. The zero-order valence-corrected chi connectivity index (χ0v) is 16.8. The maximum atomic E-state index is 13.2. The predicted molar refractivity (Wildman–Crippen MR) is 113 cm³/mol. The van der Waals surface area contributed by atoms with Gasteiger partial charge in [-0.2, -0.15) is 0 Å². The standard InChI is InChI=1S/C24H24N2O3/c1-28-17-11-12-22(29-2)19(14-17)20-10-5-13-25(20)15-26-21-9-4-7-16-6-3-8-18(23(16)21)24(26)27/h3-4,6-9,11-12,14,20H,5,10,13,15H2,1-2H3/p+1/t20-/m0/s1. The summed E-state index contributed by atoms with van der Waals surface area (Å²) >= 11 is 0. The molecule has 29 heavy (non-hydrogen) atoms. The van der Waals surface area contributed by atoms with Gasteiger partial charge in [0.2, 0.25) is 0 Å². The van der Waals surface area contributed by atoms with E-state index < -0.39 is 0 Å². The van der Waals surface area contributed by atoms with Crippen LogP contribution >= 0.6 is 0 Å². The summed E-state index contributed by atoms with van der Waals surface area (Å²) in [6, 6.07) is 18.4. The summed E-state index contributed by atoms with van der Waals surface area (Å²) in [7, 11) is 3.40. The number of nitrogens with zero attached hydrogens (tertiary/aromatic N) is 1. The maximum Gasteiger partial charge on any atom is 0.263 e. The van der Waals surface area contributed by atoms with Crippen LogP contribution in [0.3, 0.4) is 0 Å². The number of nitrogens with one attached hydrogen (secondary N) is 1. The van der Waals surface area contributed by atoms with Crippen molar-refractivity contribution in [3.8, 4) is 11.5 Å². The number of quaternary nitrogens is 1. The molecule has 0 spiro atoms. The fraction of sp³-hybridized carbons (Fsp3) is 0.292. The first kappa shape index (κ1) is 18.0. The Balaban J connectivity index is 1.49. The number of likely N-dealkylation sites (tertiary alicyclic amines) is 1. The molecule has 0 aliphatic carbocycles. The molecule has 5 heteroatoms. The molecule has 2 heterocycles. The second-order valence-corrected chi connectivity index (χ2v) is 7.78. The van der Waals surface area contributed by atoms with E-state index in [9.17, 15) is 4.79 Å². The number of ether oxygens (including phenoxy) is 2. The summed E-state index contributed by atoms with van der Waals surface area (Å²) in [6.07, 6.45) is 2.19. The first-order chi connectivity index (χ1) is 14.2. The molecule has 2 aliphatic rings. The summed E-state index contributed by atoms with van der Waals surface area (Å²) in [5.74, 6) is 1.82. The average molecular weight is 389 g/mol. The minimum absolute atomic E-state index is 0.104. The molecular formula is C24H25N2O3+. The van der Waals surface area contributed by atoms with Crippen LogP contribution in [0.15, 0.2) is 54.6 Å². The highest BCUT2D eigenvalue weighted by atomic mass is 16.5. The van der Waals surface area contributed by atoms with Crippen molar-refractivity contribution in [2.45, 2.75) is 18.9 Å². The molecule has 0 aromatic heterocycles. The lowest BCUT2D eigenvalue weighted by atomic mass is 10.0. The number of carbonyl (C=O) groups excluding carboxylic acids is 1. The lowest BCUT2D eigenvalue weighted by molar-refractivity contribution is -0.917. The highest BCUT2D eigenvalue weighted by Crippen LogP contribution is 2.37. The zero-order valence-electron chi connectivity index (χ0n) is 16.8. The third-order valence-corrected chi connectivity index (χ3v) is 6.31. The molecule has 2 aliphatic heterocycles. The summed E-state index contributed by atoms with van der Waals surface area (Å²) in [4.78, 5) is 16.5. The van der Waals surface area contributed by atoms with Crippen molar-refractivity contribution < 1.29 is 19.2 Å². The normalized spacial score (nSPS) is 20.5. The number of carbonyl (C=O) groups is 1. The Kier molecular flexibility index (Phi) is 4.40. The largest absolute Gasteiger partial charge is 0.497 e. The summed E-state index contributed by atoms with van der Waals surface area (Å²) < 4.78 is 11.1. The van der Waals surface area contributed by atoms with Gasteiger partial charge in [0.25, 0.3) is 5.91 Å². The van der Waals surface area contributed by atoms with Crippen LogP contribution in [0, 0.1) is 0 Å². The van der Waals surface area contributed by atoms with E-state index in [0.717, 1.165) is 58.5 Å². The fourth-order valence-electron chi connectivity index (χ4n) is 4.93. The number of hydrogen-bond acceptors (Lipinski definition) is 3. The number of rotatable bonds is 5. The van der Waals surface area contributed by atoms with E-state index in [1.807, 2.05) is 35.2 Å². The van der Waals surface area contributed by atoms with Gasteiger partial charge in [0.05, 0.1) is 37.6 Å². The lowest BCUT2D eigenvalue weighted by Crippen LogP contribution is -3.12. The number of methoxy groups -OCH3 is 2. The van der Waals surface area contributed by atoms with Gasteiger partial charge >= 0.3 is 0 Å². The Bertz CT molecular complexity index is 1090. The quantitative estimate of drug-likeness (QED) is 0.729. The summed E-state index contributed by atoms with van der Waals surface area (Å²) in [5, 5.41) is 2.20. The molecule has 1 fully saturated rings. The molecular weight excluding hydrogens is 364 g/mol. The van der Waals surface area contributed by atoms with Crippen LogP contribution < -0.4 is 19.3 Å². The van der Waals surface area contributed by atoms with Gasteiger partial charge in [-0.3, -0.25) is 9.69 Å². The number of benzene rings is 3. The fourth-order valence-corrected chi connectivity index (χ4v) is 4.93. The van der Waals surface area contributed by atoms with Gasteiger partial charge in [-0.15, -0.1) is 0 Å². The van der Waals surface area contributed by atoms with Gasteiger partial charge < -0.3 is 14.4 Å². The molecule has 1 unspecified atom stereocenters. The van der Waals surface area contributed by atoms with Crippen molar-refractivity contribution in [2.24, 2.45) is 0 Å². The van der Waals surface area contributed by atoms with Crippen molar-refractivity contribution in [1.29, 1.82) is 0 Å². The Morgan fingerprint density at radius 3 is 2.69 bits per heavy atom. The molecule has 1 saturated heterocycles. The average Bonchev–Trinajstić information content (AvgIpc) is 3.33. The zero-order chi connectivity index (χ0) is 20.0. The molecule has 0 bridgehead atoms. The van der Waals surface area contributed by atoms with Crippen LogP contribution in [0.1, 0.15) is 34.8 Å². The van der Waals surface area contributed by atoms with E-state index in [4.69, 9.17) is 9.47 Å². The van der Waals surface area contributed by atoms with Crippen molar-refractivity contribution >= 4 is 22.4 Å². The van der Waals surface area contributed by atoms with Crippen LogP contribution in [0.4, 0.5) is 5.69 Å². The van der Waals surface area contributed by atoms with Crippen molar-refractivity contribution in [3.05, 3.63) is 65.7 Å². The molecule has 5 rings (SSSR count). The van der Waals surface area contributed by atoms with E-state index in [0.29, 0.717) is 6.67 Å². The van der Waals surface area contributed by atoms with Crippen molar-refractivity contribution in [1.82, 2.24) is 0 Å². The Labute approximate surface area is 170 Å². The van der Waals surface area contributed by atoms with Crippen molar-refractivity contribution in [2.75, 3.05) is 32.3 Å². The smallest absolute Gasteiger partial charge is 0.263 e. The molecule has 2 atom stereocenters. The Hall–Kier alpha value is -3.05. The van der Waals surface area contributed by atoms with Gasteiger partial charge in [0, 0.05) is 18.2 Å². The van der Waals surface area contributed by atoms with E-state index in [2.05, 4.69) is 24.3 Å². The molecule has 3 aromatic rings. The molecule has 0 saturated carbocycles. The third kappa shape index (κ3) is 2.85. The van der Waals surface area contributed by atoms with E-state index in [1.165, 1.54) is 4.90 Å². The second-order valence-electron chi connectivity index (χ2n) is 7.78. The van der Waals surface area contributed by atoms with E-state index >= 15 is 0 Å². The van der Waals surface area contributed by atoms with Crippen LogP contribution in [0.5, 0.6) is 11.5 Å². The van der Waals surface area contributed by atoms with Crippen molar-refractivity contribution in [3.63, 3.8) is 0 Å². The van der Waals surface area contributed by atoms with Gasteiger partial charge in [0.15, 0.2) is 6.67 Å². The Morgan fingerprint density at radius 2 is 1.90 bits per heavy atom. The summed E-state index contributed by atoms with van der Waals surface area (Å²) in [5.41, 5.74) is 2.99. The number of anilines is 1. The highest BCUT2D eigenvalue weighted by molar-refractivity contribution is 6.24. The van der Waals surface area contributed by atoms with E-state index in [-0.39, 0.29) is 11.9 Å². The highest BCUT2D eigenvalue weighted by Gasteiger charge is 2.38. The molecule has 0 radical (unpaired) electrons. The minimum atomic E-state index is 0.104. The monoisotopic (exact) mass is 389 g/mol. The second kappa shape index (κ2) is 7.08. The lowest BCUT2D eigenvalue weighted by Gasteiger charge is -2.28. The SMILES string of the molecule is COc1ccc(OC)c([C@@H]2CCC[NH+]2CN2C(=O)c3cccc4cccc2c34)c1. The third-order valence-electron chi connectivity index (χ3n) is 6.31. The summed E-state index contributed by atoms with van der Waals surface area (Å²) in [6.45, 7) is 1.68. The first-order valence-electron chi connectivity index (χ1n) is 10.1. The first-order valence-corrected chi connectivity index (χ1v) is 10.1. The predicted octanol–water partition coefficient (Wildman–Crippen LogP) is 3.19. The topological polar surface area (TPSA) is 43.2 Å². The maximum absolute atomic E-state index is 13.2. The van der Waals surface area contributed by atoms with E-state index in [1.54, 1.807) is 14.2 Å². The van der Waals surface area contributed by atoms with Crippen LogP contribution in [-0.4, -0.2) is 33.3 Å². The minimum Gasteiger partial charge on any atom is -0.497 e. The molecule has 148 valence electrons. The molecule has 3 aromatic carbocycles. The molecule has 1 N–H and O–H groups in total. The number of amides is 1. The van der Waals surface area contributed by atoms with Gasteiger partial charge in [-0.1, -0.05) is 24.3 Å². The van der Waals surface area contributed by atoms with Crippen LogP contribution in [-0.2, 0) is 0 Å².